The van der Waals surface area contributed by atoms with Crippen molar-refractivity contribution in [2.24, 2.45) is 10.2 Å². The molecule has 2 N–H and O–H groups in total. The lowest BCUT2D eigenvalue weighted by atomic mass is 10.1. The summed E-state index contributed by atoms with van der Waals surface area (Å²) in [6.45, 7) is 0. The average Bonchev–Trinajstić information content (AvgIpc) is 2.59. The van der Waals surface area contributed by atoms with Crippen LogP contribution in [0, 0.1) is 0 Å². The molecule has 0 amide bonds. The maximum Gasteiger partial charge on any atom is 0.337 e. The highest BCUT2D eigenvalue weighted by molar-refractivity contribution is 5.81. The molecule has 1 aliphatic rings. The number of anilines is 1. The Hall–Kier alpha value is -1.91. The van der Waals surface area contributed by atoms with Gasteiger partial charge >= 0.3 is 5.97 Å². The molecular formula is C9H9N3O2. The van der Waals surface area contributed by atoms with Gasteiger partial charge in [0.15, 0.2) is 6.04 Å². The highest BCUT2D eigenvalue weighted by atomic mass is 16.5. The number of carbonyl (C=O) groups is 1. The number of azo groups is 1. The number of nitrogens with two attached hydrogens (primary N) is 1. The number of methoxy groups -OCH3 is 1. The highest BCUT2D eigenvalue weighted by Crippen LogP contribution is 2.37. The zero-order valence-electron chi connectivity index (χ0n) is 7.60. The molecule has 1 aromatic rings. The highest BCUT2D eigenvalue weighted by Gasteiger charge is 2.28. The minimum atomic E-state index is -0.629. The molecule has 0 fully saturated rings. The number of hydrogen-bond donors (Lipinski definition) is 1. The molecule has 2 rings (SSSR count). The lowest BCUT2D eigenvalue weighted by molar-refractivity contribution is -0.142. The molecule has 0 aliphatic carbocycles. The Kier molecular flexibility index (Phi) is 1.92. The SMILES string of the molecule is COC(=O)C1N=Nc2cc(N)ccc21. The van der Waals surface area contributed by atoms with Crippen LogP contribution in [0.15, 0.2) is 28.4 Å². The van der Waals surface area contributed by atoms with Gasteiger partial charge in [-0.05, 0) is 12.1 Å². The fourth-order valence-electron chi connectivity index (χ4n) is 1.35. The molecule has 0 saturated carbocycles. The number of rotatable bonds is 1. The fourth-order valence-corrected chi connectivity index (χ4v) is 1.35. The third-order valence-corrected chi connectivity index (χ3v) is 2.05. The van der Waals surface area contributed by atoms with Gasteiger partial charge in [-0.15, -0.1) is 0 Å². The monoisotopic (exact) mass is 191 g/mol. The van der Waals surface area contributed by atoms with Gasteiger partial charge in [0.1, 0.15) is 0 Å². The second kappa shape index (κ2) is 3.10. The maximum absolute atomic E-state index is 11.3. The Morgan fingerprint density at radius 3 is 3.07 bits per heavy atom. The molecule has 0 radical (unpaired) electrons. The van der Waals surface area contributed by atoms with Crippen molar-refractivity contribution in [2.45, 2.75) is 6.04 Å². The summed E-state index contributed by atoms with van der Waals surface area (Å²) in [6.07, 6.45) is 0. The average molecular weight is 191 g/mol. The van der Waals surface area contributed by atoms with Gasteiger partial charge in [-0.25, -0.2) is 4.79 Å². The molecule has 5 nitrogen and oxygen atoms in total. The lowest BCUT2D eigenvalue weighted by Crippen LogP contribution is -2.09. The van der Waals surface area contributed by atoms with Crippen LogP contribution in [0.2, 0.25) is 0 Å². The molecule has 1 aromatic carbocycles. The van der Waals surface area contributed by atoms with Gasteiger partial charge in [0, 0.05) is 11.3 Å². The largest absolute Gasteiger partial charge is 0.467 e. The van der Waals surface area contributed by atoms with Crippen LogP contribution in [0.3, 0.4) is 0 Å². The van der Waals surface area contributed by atoms with Gasteiger partial charge in [-0.2, -0.15) is 10.2 Å². The second-order valence-electron chi connectivity index (χ2n) is 2.96. The van der Waals surface area contributed by atoms with Crippen molar-refractivity contribution in [2.75, 3.05) is 12.8 Å². The standard InChI is InChI=1S/C9H9N3O2/c1-14-9(13)8-6-3-2-5(10)4-7(6)11-12-8/h2-4,8H,10H2,1H3. The van der Waals surface area contributed by atoms with Gasteiger partial charge in [-0.1, -0.05) is 6.07 Å². The summed E-state index contributed by atoms with van der Waals surface area (Å²) >= 11 is 0. The number of nitrogen functional groups attached to an aromatic ring is 1. The maximum atomic E-state index is 11.3. The summed E-state index contributed by atoms with van der Waals surface area (Å²) < 4.78 is 4.60. The van der Waals surface area contributed by atoms with E-state index in [9.17, 15) is 4.79 Å². The molecule has 72 valence electrons. The van der Waals surface area contributed by atoms with Crippen LogP contribution in [0.5, 0.6) is 0 Å². The third-order valence-electron chi connectivity index (χ3n) is 2.05. The minimum absolute atomic E-state index is 0.405. The van der Waals surface area contributed by atoms with Crippen molar-refractivity contribution in [3.8, 4) is 0 Å². The summed E-state index contributed by atoms with van der Waals surface area (Å²) in [5.74, 6) is -0.405. The van der Waals surface area contributed by atoms with E-state index in [0.717, 1.165) is 5.56 Å². The van der Waals surface area contributed by atoms with Crippen LogP contribution in [0.4, 0.5) is 11.4 Å². The molecule has 5 heteroatoms. The van der Waals surface area contributed by atoms with E-state index in [0.29, 0.717) is 11.4 Å². The van der Waals surface area contributed by atoms with Crippen LogP contribution in [-0.2, 0) is 9.53 Å². The number of benzene rings is 1. The van der Waals surface area contributed by atoms with E-state index in [2.05, 4.69) is 15.0 Å². The second-order valence-corrected chi connectivity index (χ2v) is 2.96. The van der Waals surface area contributed by atoms with E-state index in [-0.39, 0.29) is 0 Å². The number of carbonyl (C=O) groups excluding carboxylic acids is 1. The number of fused-ring (bicyclic) bond motifs is 1. The van der Waals surface area contributed by atoms with Crippen LogP contribution >= 0.6 is 0 Å². The van der Waals surface area contributed by atoms with Crippen molar-refractivity contribution < 1.29 is 9.53 Å². The summed E-state index contributed by atoms with van der Waals surface area (Å²) in [5, 5.41) is 7.67. The van der Waals surface area contributed by atoms with E-state index in [1.807, 2.05) is 0 Å². The van der Waals surface area contributed by atoms with E-state index >= 15 is 0 Å². The van der Waals surface area contributed by atoms with Gasteiger partial charge in [0.2, 0.25) is 0 Å². The van der Waals surface area contributed by atoms with Crippen molar-refractivity contribution in [3.63, 3.8) is 0 Å². The topological polar surface area (TPSA) is 77.0 Å². The fraction of sp³-hybridized carbons (Fsp3) is 0.222. The van der Waals surface area contributed by atoms with E-state index < -0.39 is 12.0 Å². The van der Waals surface area contributed by atoms with Gasteiger partial charge in [0.25, 0.3) is 0 Å². The third kappa shape index (κ3) is 1.22. The molecule has 1 unspecified atom stereocenters. The van der Waals surface area contributed by atoms with Gasteiger partial charge < -0.3 is 10.5 Å². The predicted octanol–water partition coefficient (Wildman–Crippen LogP) is 1.58. The molecule has 1 atom stereocenters. The van der Waals surface area contributed by atoms with Crippen molar-refractivity contribution >= 4 is 17.3 Å². The minimum Gasteiger partial charge on any atom is -0.467 e. The van der Waals surface area contributed by atoms with Crippen molar-refractivity contribution in [1.82, 2.24) is 0 Å². The Morgan fingerprint density at radius 2 is 2.36 bits per heavy atom. The van der Waals surface area contributed by atoms with Crippen LogP contribution < -0.4 is 5.73 Å². The summed E-state index contributed by atoms with van der Waals surface area (Å²) in [5.41, 5.74) is 7.55. The van der Waals surface area contributed by atoms with Crippen LogP contribution in [-0.4, -0.2) is 13.1 Å². The summed E-state index contributed by atoms with van der Waals surface area (Å²) in [6, 6.07) is 4.51. The van der Waals surface area contributed by atoms with Gasteiger partial charge in [-0.3, -0.25) is 0 Å². The zero-order chi connectivity index (χ0) is 10.1. The molecule has 14 heavy (non-hydrogen) atoms. The first-order valence-electron chi connectivity index (χ1n) is 4.10. The normalized spacial score (nSPS) is 17.9. The predicted molar refractivity (Wildman–Crippen MR) is 50.1 cm³/mol. The van der Waals surface area contributed by atoms with Crippen molar-refractivity contribution in [1.29, 1.82) is 0 Å². The Balaban J connectivity index is 2.40. The number of esters is 1. The van der Waals surface area contributed by atoms with E-state index in [1.54, 1.807) is 18.2 Å². The molecule has 0 bridgehead atoms. The molecule has 0 aromatic heterocycles. The molecule has 0 saturated heterocycles. The van der Waals surface area contributed by atoms with Gasteiger partial charge in [0.05, 0.1) is 12.8 Å². The lowest BCUT2D eigenvalue weighted by Gasteiger charge is -2.04. The molecule has 0 spiro atoms. The smallest absolute Gasteiger partial charge is 0.337 e. The molecule has 1 heterocycles. The first kappa shape index (κ1) is 8.68. The molecule has 1 aliphatic heterocycles. The number of ether oxygens (including phenoxy) is 1. The first-order valence-corrected chi connectivity index (χ1v) is 4.10. The van der Waals surface area contributed by atoms with E-state index in [4.69, 9.17) is 5.73 Å². The summed E-state index contributed by atoms with van der Waals surface area (Å²) in [4.78, 5) is 11.3. The van der Waals surface area contributed by atoms with Crippen LogP contribution in [0.1, 0.15) is 11.6 Å². The zero-order valence-corrected chi connectivity index (χ0v) is 7.60. The molecular weight excluding hydrogens is 182 g/mol. The van der Waals surface area contributed by atoms with Crippen LogP contribution in [0.25, 0.3) is 0 Å². The quantitative estimate of drug-likeness (QED) is 0.540. The first-order chi connectivity index (χ1) is 6.72. The Morgan fingerprint density at radius 1 is 1.57 bits per heavy atom. The number of nitrogens with zero attached hydrogens (tertiary/aromatic N) is 2. The summed E-state index contributed by atoms with van der Waals surface area (Å²) in [7, 11) is 1.33. The van der Waals surface area contributed by atoms with Crippen molar-refractivity contribution in [3.05, 3.63) is 23.8 Å². The number of hydrogen-bond acceptors (Lipinski definition) is 5. The Bertz CT molecular complexity index is 415. The Labute approximate surface area is 80.6 Å². The van der Waals surface area contributed by atoms with E-state index in [1.165, 1.54) is 7.11 Å².